The number of carbonyl (C=O) groups is 2. The average Bonchev–Trinajstić information content (AvgIpc) is 3.13. The molecule has 1 aromatic heterocycles. The zero-order valence-electron chi connectivity index (χ0n) is 14.2. The minimum absolute atomic E-state index is 0.162. The Morgan fingerprint density at radius 3 is 2.72 bits per heavy atom. The lowest BCUT2D eigenvalue weighted by Crippen LogP contribution is -2.35. The highest BCUT2D eigenvalue weighted by atomic mass is 16.2. The summed E-state index contributed by atoms with van der Waals surface area (Å²) in [5, 5.41) is 4.31. The van der Waals surface area contributed by atoms with E-state index in [2.05, 4.69) is 10.3 Å². The number of anilines is 2. The number of aromatic amines is 1. The van der Waals surface area contributed by atoms with Gasteiger partial charge in [0.1, 0.15) is 6.04 Å². The highest BCUT2D eigenvalue weighted by Gasteiger charge is 2.40. The van der Waals surface area contributed by atoms with E-state index in [0.717, 1.165) is 27.7 Å². The summed E-state index contributed by atoms with van der Waals surface area (Å²) < 4.78 is 0. The SMILES string of the molecule is Cc1ccc(N2C(=O)C[C@@H](Nc3ccc4cc[nH]c4c3)C2=O)c(C)c1. The molecule has 3 aromatic rings. The van der Waals surface area contributed by atoms with Gasteiger partial charge in [-0.15, -0.1) is 0 Å². The van der Waals surface area contributed by atoms with Crippen LogP contribution in [0.4, 0.5) is 11.4 Å². The van der Waals surface area contributed by atoms with Crippen LogP contribution >= 0.6 is 0 Å². The van der Waals surface area contributed by atoms with Crippen LogP contribution in [0, 0.1) is 13.8 Å². The Labute approximate surface area is 145 Å². The van der Waals surface area contributed by atoms with Gasteiger partial charge in [0.05, 0.1) is 12.1 Å². The molecule has 4 rings (SSSR count). The highest BCUT2D eigenvalue weighted by Crippen LogP contribution is 2.29. The first-order valence-electron chi connectivity index (χ1n) is 8.30. The number of rotatable bonds is 3. The molecule has 5 heteroatoms. The summed E-state index contributed by atoms with van der Waals surface area (Å²) in [5.74, 6) is -0.376. The minimum Gasteiger partial charge on any atom is -0.373 e. The lowest BCUT2D eigenvalue weighted by Gasteiger charge is -2.18. The molecule has 126 valence electrons. The van der Waals surface area contributed by atoms with Crippen LogP contribution in [0.2, 0.25) is 0 Å². The molecule has 0 radical (unpaired) electrons. The number of hydrogen-bond acceptors (Lipinski definition) is 3. The molecule has 2 amide bonds. The Balaban J connectivity index is 1.60. The van der Waals surface area contributed by atoms with Gasteiger partial charge >= 0.3 is 0 Å². The van der Waals surface area contributed by atoms with Crippen LogP contribution in [0.1, 0.15) is 17.5 Å². The van der Waals surface area contributed by atoms with Crippen molar-refractivity contribution >= 4 is 34.1 Å². The molecule has 1 aliphatic rings. The molecule has 2 N–H and O–H groups in total. The number of aromatic nitrogens is 1. The van der Waals surface area contributed by atoms with Crippen LogP contribution < -0.4 is 10.2 Å². The van der Waals surface area contributed by atoms with E-state index in [9.17, 15) is 9.59 Å². The van der Waals surface area contributed by atoms with Gasteiger partial charge in [-0.1, -0.05) is 23.8 Å². The van der Waals surface area contributed by atoms with Crippen molar-refractivity contribution in [3.8, 4) is 0 Å². The van der Waals surface area contributed by atoms with Gasteiger partial charge in [0.2, 0.25) is 5.91 Å². The zero-order valence-corrected chi connectivity index (χ0v) is 14.2. The summed E-state index contributed by atoms with van der Waals surface area (Å²) in [5.41, 5.74) is 4.52. The van der Waals surface area contributed by atoms with Crippen LogP contribution in [0.3, 0.4) is 0 Å². The van der Waals surface area contributed by atoms with E-state index in [1.54, 1.807) is 0 Å². The van der Waals surface area contributed by atoms with Crippen molar-refractivity contribution in [2.75, 3.05) is 10.2 Å². The van der Waals surface area contributed by atoms with Crippen LogP contribution in [0.15, 0.2) is 48.7 Å². The van der Waals surface area contributed by atoms with Crippen molar-refractivity contribution in [2.45, 2.75) is 26.3 Å². The Morgan fingerprint density at radius 2 is 1.92 bits per heavy atom. The second-order valence-corrected chi connectivity index (χ2v) is 6.54. The molecule has 5 nitrogen and oxygen atoms in total. The Hall–Kier alpha value is -3.08. The second-order valence-electron chi connectivity index (χ2n) is 6.54. The van der Waals surface area contributed by atoms with Gasteiger partial charge in [-0.3, -0.25) is 9.59 Å². The summed E-state index contributed by atoms with van der Waals surface area (Å²) in [6.45, 7) is 3.91. The fourth-order valence-electron chi connectivity index (χ4n) is 3.39. The normalized spacial score (nSPS) is 17.5. The maximum Gasteiger partial charge on any atom is 0.256 e. The molecule has 0 spiro atoms. The molecule has 0 aliphatic carbocycles. The third-order valence-electron chi connectivity index (χ3n) is 4.64. The van der Waals surface area contributed by atoms with E-state index in [1.807, 2.05) is 62.5 Å². The smallest absolute Gasteiger partial charge is 0.256 e. The van der Waals surface area contributed by atoms with E-state index < -0.39 is 6.04 Å². The van der Waals surface area contributed by atoms with Crippen molar-refractivity contribution in [3.63, 3.8) is 0 Å². The maximum absolute atomic E-state index is 12.8. The molecule has 1 aliphatic heterocycles. The van der Waals surface area contributed by atoms with Gasteiger partial charge in [-0.05, 0) is 49.1 Å². The maximum atomic E-state index is 12.8. The summed E-state index contributed by atoms with van der Waals surface area (Å²) in [6.07, 6.45) is 2.04. The van der Waals surface area contributed by atoms with E-state index in [1.165, 1.54) is 4.90 Å². The van der Waals surface area contributed by atoms with Gasteiger partial charge in [0, 0.05) is 17.4 Å². The van der Waals surface area contributed by atoms with E-state index >= 15 is 0 Å². The Kier molecular flexibility index (Phi) is 3.57. The van der Waals surface area contributed by atoms with E-state index in [-0.39, 0.29) is 18.2 Å². The largest absolute Gasteiger partial charge is 0.373 e. The standard InChI is InChI=1S/C20H19N3O2/c1-12-3-6-18(13(2)9-12)23-19(24)11-17(20(23)25)22-15-5-4-14-7-8-21-16(14)10-15/h3-10,17,21-22H,11H2,1-2H3/t17-/m1/s1. The lowest BCUT2D eigenvalue weighted by atomic mass is 10.1. The number of hydrogen-bond donors (Lipinski definition) is 2. The number of fused-ring (bicyclic) bond motifs is 1. The number of benzene rings is 2. The number of imide groups is 1. The fourth-order valence-corrected chi connectivity index (χ4v) is 3.39. The van der Waals surface area contributed by atoms with E-state index in [4.69, 9.17) is 0 Å². The summed E-state index contributed by atoms with van der Waals surface area (Å²) in [4.78, 5) is 29.7. The van der Waals surface area contributed by atoms with Gasteiger partial charge in [0.25, 0.3) is 5.91 Å². The Bertz CT molecular complexity index is 990. The van der Waals surface area contributed by atoms with Crippen LogP contribution in [-0.4, -0.2) is 22.8 Å². The fraction of sp³-hybridized carbons (Fsp3) is 0.200. The first-order valence-corrected chi connectivity index (χ1v) is 8.30. The monoisotopic (exact) mass is 333 g/mol. The number of H-pyrrole nitrogens is 1. The lowest BCUT2D eigenvalue weighted by molar-refractivity contribution is -0.121. The van der Waals surface area contributed by atoms with Gasteiger partial charge in [-0.25, -0.2) is 4.90 Å². The number of nitrogens with one attached hydrogen (secondary N) is 2. The van der Waals surface area contributed by atoms with Crippen molar-refractivity contribution in [3.05, 3.63) is 59.8 Å². The molecule has 0 bridgehead atoms. The quantitative estimate of drug-likeness (QED) is 0.721. The Morgan fingerprint density at radius 1 is 1.08 bits per heavy atom. The summed E-state index contributed by atoms with van der Waals surface area (Å²) in [7, 11) is 0. The molecule has 2 aromatic carbocycles. The zero-order chi connectivity index (χ0) is 17.6. The molecular formula is C20H19N3O2. The molecule has 0 saturated carbocycles. The minimum atomic E-state index is -0.541. The van der Waals surface area contributed by atoms with Gasteiger partial charge < -0.3 is 10.3 Å². The second kappa shape index (κ2) is 5.77. The molecule has 1 atom stereocenters. The first-order chi connectivity index (χ1) is 12.0. The predicted molar refractivity (Wildman–Crippen MR) is 98.7 cm³/mol. The van der Waals surface area contributed by atoms with Crippen molar-refractivity contribution < 1.29 is 9.59 Å². The summed E-state index contributed by atoms with van der Waals surface area (Å²) >= 11 is 0. The molecular weight excluding hydrogens is 314 g/mol. The number of nitrogens with zero attached hydrogens (tertiary/aromatic N) is 1. The molecule has 1 saturated heterocycles. The van der Waals surface area contributed by atoms with Crippen molar-refractivity contribution in [2.24, 2.45) is 0 Å². The van der Waals surface area contributed by atoms with Gasteiger partial charge in [0.15, 0.2) is 0 Å². The van der Waals surface area contributed by atoms with Crippen LogP contribution in [-0.2, 0) is 9.59 Å². The third-order valence-corrected chi connectivity index (χ3v) is 4.64. The van der Waals surface area contributed by atoms with Crippen molar-refractivity contribution in [1.82, 2.24) is 4.98 Å². The van der Waals surface area contributed by atoms with Crippen LogP contribution in [0.5, 0.6) is 0 Å². The average molecular weight is 333 g/mol. The first kappa shape index (κ1) is 15.4. The van der Waals surface area contributed by atoms with Crippen molar-refractivity contribution in [1.29, 1.82) is 0 Å². The molecule has 2 heterocycles. The highest BCUT2D eigenvalue weighted by molar-refractivity contribution is 6.23. The predicted octanol–water partition coefficient (Wildman–Crippen LogP) is 3.53. The van der Waals surface area contributed by atoms with Crippen LogP contribution in [0.25, 0.3) is 10.9 Å². The molecule has 1 fully saturated rings. The van der Waals surface area contributed by atoms with Gasteiger partial charge in [-0.2, -0.15) is 0 Å². The third kappa shape index (κ3) is 2.67. The van der Waals surface area contributed by atoms with E-state index in [0.29, 0.717) is 5.69 Å². The summed E-state index contributed by atoms with van der Waals surface area (Å²) in [6, 6.07) is 13.1. The number of carbonyl (C=O) groups excluding carboxylic acids is 2. The number of amides is 2. The molecule has 25 heavy (non-hydrogen) atoms. The topological polar surface area (TPSA) is 65.2 Å². The number of aryl methyl sites for hydroxylation is 2. The molecule has 0 unspecified atom stereocenters.